The van der Waals surface area contributed by atoms with Gasteiger partial charge in [0.15, 0.2) is 11.5 Å². The number of hydrogen-bond donors (Lipinski definition) is 0. The van der Waals surface area contributed by atoms with Gasteiger partial charge in [-0.3, -0.25) is 0 Å². The molecule has 146 valence electrons. The molecule has 0 aromatic carbocycles. The Morgan fingerprint density at radius 2 is 2.04 bits per heavy atom. The zero-order valence-electron chi connectivity index (χ0n) is 15.7. The number of carbonyl (C=O) groups is 1. The molecule has 0 amide bonds. The van der Waals surface area contributed by atoms with Crippen LogP contribution in [0.1, 0.15) is 29.0 Å². The third-order valence-corrected chi connectivity index (χ3v) is 3.95. The molecule has 0 fully saturated rings. The number of hydrogen-bond acceptors (Lipinski definition) is 8. The summed E-state index contributed by atoms with van der Waals surface area (Å²) in [6.07, 6.45) is 7.08. The van der Waals surface area contributed by atoms with Crippen molar-refractivity contribution in [3.63, 3.8) is 0 Å². The molecule has 0 radical (unpaired) electrons. The Kier molecular flexibility index (Phi) is 6.50. The van der Waals surface area contributed by atoms with Crippen molar-refractivity contribution < 1.29 is 19.0 Å². The standard InChI is InChI=1S/C19H21N5O4/c1-26-16-9-14(23-17(10-16)19(25)27-2)5-3-4-8-28-15-6-7-18(21-11-15)24-13-20-12-22-24/h6-7,9-13H,3-5,8H2,1-2H3. The molecule has 3 aromatic heterocycles. The van der Waals surface area contributed by atoms with Crippen molar-refractivity contribution >= 4 is 5.97 Å². The largest absolute Gasteiger partial charge is 0.497 e. The average Bonchev–Trinajstić information content (AvgIpc) is 3.28. The fourth-order valence-electron chi connectivity index (χ4n) is 2.53. The van der Waals surface area contributed by atoms with Crippen LogP contribution in [-0.2, 0) is 11.2 Å². The van der Waals surface area contributed by atoms with Crippen LogP contribution in [-0.4, -0.2) is 51.5 Å². The van der Waals surface area contributed by atoms with E-state index in [4.69, 9.17) is 14.2 Å². The highest BCUT2D eigenvalue weighted by atomic mass is 16.5. The fourth-order valence-corrected chi connectivity index (χ4v) is 2.53. The second-order valence-electron chi connectivity index (χ2n) is 5.87. The third kappa shape index (κ3) is 5.03. The lowest BCUT2D eigenvalue weighted by Gasteiger charge is -2.08. The van der Waals surface area contributed by atoms with E-state index >= 15 is 0 Å². The summed E-state index contributed by atoms with van der Waals surface area (Å²) in [5, 5.41) is 4.02. The number of aromatic nitrogens is 5. The van der Waals surface area contributed by atoms with Crippen LogP contribution in [0.25, 0.3) is 5.82 Å². The van der Waals surface area contributed by atoms with Crippen molar-refractivity contribution in [1.82, 2.24) is 24.7 Å². The van der Waals surface area contributed by atoms with Gasteiger partial charge in [0.25, 0.3) is 0 Å². The van der Waals surface area contributed by atoms with Gasteiger partial charge >= 0.3 is 5.97 Å². The maximum atomic E-state index is 11.7. The Morgan fingerprint density at radius 3 is 2.71 bits per heavy atom. The molecule has 0 aliphatic rings. The molecule has 28 heavy (non-hydrogen) atoms. The van der Waals surface area contributed by atoms with Gasteiger partial charge in [-0.25, -0.2) is 24.4 Å². The van der Waals surface area contributed by atoms with Crippen LogP contribution < -0.4 is 9.47 Å². The van der Waals surface area contributed by atoms with Gasteiger partial charge in [0.2, 0.25) is 0 Å². The Morgan fingerprint density at radius 1 is 1.14 bits per heavy atom. The van der Waals surface area contributed by atoms with E-state index in [0.717, 1.165) is 18.5 Å². The van der Waals surface area contributed by atoms with Crippen molar-refractivity contribution in [2.24, 2.45) is 0 Å². The topological polar surface area (TPSA) is 101 Å². The number of unbranched alkanes of at least 4 members (excludes halogenated alkanes) is 1. The SMILES string of the molecule is COC(=O)c1cc(OC)cc(CCCCOc2ccc(-n3cncn3)nc2)n1. The van der Waals surface area contributed by atoms with Crippen LogP contribution >= 0.6 is 0 Å². The van der Waals surface area contributed by atoms with Crippen LogP contribution in [0.4, 0.5) is 0 Å². The first-order chi connectivity index (χ1) is 13.7. The van der Waals surface area contributed by atoms with Crippen molar-refractivity contribution in [2.45, 2.75) is 19.3 Å². The van der Waals surface area contributed by atoms with Crippen LogP contribution in [0.5, 0.6) is 11.5 Å². The molecule has 0 N–H and O–H groups in total. The lowest BCUT2D eigenvalue weighted by molar-refractivity contribution is 0.0593. The molecule has 0 aliphatic heterocycles. The molecule has 0 bridgehead atoms. The summed E-state index contributed by atoms with van der Waals surface area (Å²) in [6, 6.07) is 7.04. The summed E-state index contributed by atoms with van der Waals surface area (Å²) in [5.74, 6) is 1.47. The summed E-state index contributed by atoms with van der Waals surface area (Å²) in [6.45, 7) is 0.554. The molecule has 3 aromatic rings. The van der Waals surface area contributed by atoms with Crippen molar-refractivity contribution in [3.8, 4) is 17.3 Å². The Bertz CT molecular complexity index is 897. The predicted molar refractivity (Wildman–Crippen MR) is 99.7 cm³/mol. The molecule has 3 heterocycles. The summed E-state index contributed by atoms with van der Waals surface area (Å²) in [4.78, 5) is 24.2. The first-order valence-corrected chi connectivity index (χ1v) is 8.76. The second kappa shape index (κ2) is 9.45. The van der Waals surface area contributed by atoms with Gasteiger partial charge in [-0.05, 0) is 31.4 Å². The van der Waals surface area contributed by atoms with E-state index < -0.39 is 5.97 Å². The monoisotopic (exact) mass is 383 g/mol. The summed E-state index contributed by atoms with van der Waals surface area (Å²) in [5.41, 5.74) is 1.02. The number of esters is 1. The van der Waals surface area contributed by atoms with E-state index in [9.17, 15) is 4.79 Å². The van der Waals surface area contributed by atoms with Gasteiger partial charge in [-0.1, -0.05) is 0 Å². The molecule has 0 spiro atoms. The number of rotatable bonds is 9. The number of nitrogens with zero attached hydrogens (tertiary/aromatic N) is 5. The van der Waals surface area contributed by atoms with Crippen LogP contribution in [0.2, 0.25) is 0 Å². The number of pyridine rings is 2. The Balaban J connectivity index is 1.46. The van der Waals surface area contributed by atoms with Gasteiger partial charge in [0, 0.05) is 17.8 Å². The molecule has 9 nitrogen and oxygen atoms in total. The molecule has 0 atom stereocenters. The first kappa shape index (κ1) is 19.3. The summed E-state index contributed by atoms with van der Waals surface area (Å²) >= 11 is 0. The van der Waals surface area contributed by atoms with Gasteiger partial charge in [-0.2, -0.15) is 5.10 Å². The van der Waals surface area contributed by atoms with Crippen molar-refractivity contribution in [2.75, 3.05) is 20.8 Å². The maximum Gasteiger partial charge on any atom is 0.356 e. The van der Waals surface area contributed by atoms with Crippen LogP contribution in [0.15, 0.2) is 43.1 Å². The number of ether oxygens (including phenoxy) is 3. The fraction of sp³-hybridized carbons (Fsp3) is 0.316. The maximum absolute atomic E-state index is 11.7. The normalized spacial score (nSPS) is 10.5. The summed E-state index contributed by atoms with van der Waals surface area (Å²) in [7, 11) is 2.88. The van der Waals surface area contributed by atoms with Gasteiger partial charge < -0.3 is 14.2 Å². The molecule has 0 saturated heterocycles. The van der Waals surface area contributed by atoms with E-state index in [1.807, 2.05) is 18.2 Å². The predicted octanol–water partition coefficient (Wildman–Crippen LogP) is 2.25. The average molecular weight is 383 g/mol. The molecule has 3 rings (SSSR count). The first-order valence-electron chi connectivity index (χ1n) is 8.76. The highest BCUT2D eigenvalue weighted by Crippen LogP contribution is 2.17. The summed E-state index contributed by atoms with van der Waals surface area (Å²) < 4.78 is 17.2. The highest BCUT2D eigenvalue weighted by molar-refractivity contribution is 5.87. The van der Waals surface area contributed by atoms with E-state index in [1.54, 1.807) is 30.4 Å². The minimum absolute atomic E-state index is 0.242. The molecular weight excluding hydrogens is 362 g/mol. The minimum atomic E-state index is -0.481. The molecule has 0 unspecified atom stereocenters. The van der Waals surface area contributed by atoms with Gasteiger partial charge in [0.05, 0.1) is 27.0 Å². The molecule has 0 aliphatic carbocycles. The molecule has 9 heteroatoms. The highest BCUT2D eigenvalue weighted by Gasteiger charge is 2.11. The Hall–Kier alpha value is -3.49. The van der Waals surface area contributed by atoms with E-state index in [0.29, 0.717) is 30.3 Å². The number of methoxy groups -OCH3 is 2. The lowest BCUT2D eigenvalue weighted by Crippen LogP contribution is -2.07. The van der Waals surface area contributed by atoms with Crippen LogP contribution in [0.3, 0.4) is 0 Å². The molecular formula is C19H21N5O4. The zero-order chi connectivity index (χ0) is 19.8. The smallest absolute Gasteiger partial charge is 0.356 e. The Labute approximate surface area is 162 Å². The second-order valence-corrected chi connectivity index (χ2v) is 5.87. The van der Waals surface area contributed by atoms with Crippen molar-refractivity contribution in [3.05, 3.63) is 54.5 Å². The zero-order valence-corrected chi connectivity index (χ0v) is 15.7. The quantitative estimate of drug-likeness (QED) is 0.410. The number of carbonyl (C=O) groups excluding carboxylic acids is 1. The van der Waals surface area contributed by atoms with E-state index in [1.165, 1.54) is 13.4 Å². The number of aryl methyl sites for hydroxylation is 1. The minimum Gasteiger partial charge on any atom is -0.497 e. The molecule has 0 saturated carbocycles. The third-order valence-electron chi connectivity index (χ3n) is 3.95. The van der Waals surface area contributed by atoms with E-state index in [2.05, 4.69) is 20.1 Å². The lowest BCUT2D eigenvalue weighted by atomic mass is 10.1. The van der Waals surface area contributed by atoms with Gasteiger partial charge in [0.1, 0.15) is 24.2 Å². The van der Waals surface area contributed by atoms with E-state index in [-0.39, 0.29) is 5.69 Å². The van der Waals surface area contributed by atoms with Crippen molar-refractivity contribution in [1.29, 1.82) is 0 Å². The van der Waals surface area contributed by atoms with Gasteiger partial charge in [-0.15, -0.1) is 0 Å². The van der Waals surface area contributed by atoms with Crippen LogP contribution in [0, 0.1) is 0 Å².